The molecule has 0 saturated carbocycles. The highest BCUT2D eigenvalue weighted by Crippen LogP contribution is 2.24. The van der Waals surface area contributed by atoms with Crippen LogP contribution in [0, 0.1) is 0 Å². The van der Waals surface area contributed by atoms with E-state index in [1.165, 1.54) is 10.9 Å². The maximum Gasteiger partial charge on any atom is 0.225 e. The van der Waals surface area contributed by atoms with E-state index in [0.717, 1.165) is 37.6 Å². The van der Waals surface area contributed by atoms with Crippen LogP contribution in [-0.2, 0) is 6.54 Å². The molecule has 1 saturated heterocycles. The van der Waals surface area contributed by atoms with E-state index >= 15 is 0 Å². The summed E-state index contributed by atoms with van der Waals surface area (Å²) in [6.07, 6.45) is 5.79. The van der Waals surface area contributed by atoms with Crippen LogP contribution in [0.2, 0.25) is 0 Å². The number of hydrogen-bond donors (Lipinski definition) is 1. The number of rotatable bonds is 6. The summed E-state index contributed by atoms with van der Waals surface area (Å²) in [5.74, 6) is 2.18. The summed E-state index contributed by atoms with van der Waals surface area (Å²) >= 11 is 0. The molecule has 0 aliphatic carbocycles. The number of likely N-dealkylation sites (tertiary alicyclic amines) is 1. The molecule has 30 heavy (non-hydrogen) atoms. The van der Waals surface area contributed by atoms with Crippen molar-refractivity contribution >= 4 is 17.4 Å². The van der Waals surface area contributed by atoms with E-state index < -0.39 is 0 Å². The van der Waals surface area contributed by atoms with Crippen LogP contribution in [0.15, 0.2) is 53.3 Å². The van der Waals surface area contributed by atoms with Crippen molar-refractivity contribution in [3.63, 3.8) is 0 Å². The maximum atomic E-state index is 6.17. The second-order valence-electron chi connectivity index (χ2n) is 7.62. The highest BCUT2D eigenvalue weighted by molar-refractivity contribution is 5.59. The fraction of sp³-hybridized carbons (Fsp3) is 0.333. The Bertz CT molecular complexity index is 1120. The van der Waals surface area contributed by atoms with E-state index in [4.69, 9.17) is 10.2 Å². The molecular weight excluding hydrogens is 380 g/mol. The van der Waals surface area contributed by atoms with Crippen molar-refractivity contribution in [1.29, 1.82) is 0 Å². The number of aromatic nitrogens is 5. The number of pyridine rings is 1. The second-order valence-corrected chi connectivity index (χ2v) is 7.62. The van der Waals surface area contributed by atoms with E-state index in [0.29, 0.717) is 29.2 Å². The molecule has 0 bridgehead atoms. The van der Waals surface area contributed by atoms with Gasteiger partial charge in [-0.1, -0.05) is 6.07 Å². The smallest absolute Gasteiger partial charge is 0.225 e. The molecule has 0 amide bonds. The van der Waals surface area contributed by atoms with Crippen molar-refractivity contribution in [1.82, 2.24) is 29.5 Å². The zero-order chi connectivity index (χ0) is 20.5. The Kier molecular flexibility index (Phi) is 4.80. The van der Waals surface area contributed by atoms with Gasteiger partial charge >= 0.3 is 0 Å². The highest BCUT2D eigenvalue weighted by Gasteiger charge is 2.26. The number of hydrogen-bond acceptors (Lipinski definition) is 8. The van der Waals surface area contributed by atoms with E-state index in [9.17, 15) is 0 Å². The van der Waals surface area contributed by atoms with Crippen molar-refractivity contribution in [2.24, 2.45) is 0 Å². The van der Waals surface area contributed by atoms with Gasteiger partial charge in [0.05, 0.1) is 12.0 Å². The Morgan fingerprint density at radius 1 is 1.23 bits per heavy atom. The molecule has 5 heterocycles. The first kappa shape index (κ1) is 18.6. The first-order valence-electron chi connectivity index (χ1n) is 10.1. The first-order valence-corrected chi connectivity index (χ1v) is 10.1. The Balaban J connectivity index is 1.34. The SMILES string of the molecule is CN(CC1CCCN1Cc1ccccn1)c1cc2nc(-c3ccco3)nn2c(N)n1. The zero-order valence-electron chi connectivity index (χ0n) is 16.8. The lowest BCUT2D eigenvalue weighted by atomic mass is 10.2. The molecule has 2 N–H and O–H groups in total. The number of nitrogen functional groups attached to an aromatic ring is 1. The van der Waals surface area contributed by atoms with Gasteiger partial charge in [-0.05, 0) is 43.7 Å². The molecular formula is C21H24N8O. The molecule has 4 aromatic rings. The predicted octanol–water partition coefficient (Wildman–Crippen LogP) is 2.46. The Hall–Kier alpha value is -3.46. The molecule has 4 aromatic heterocycles. The highest BCUT2D eigenvalue weighted by atomic mass is 16.3. The average molecular weight is 404 g/mol. The first-order chi connectivity index (χ1) is 14.7. The Labute approximate surface area is 174 Å². The predicted molar refractivity (Wildman–Crippen MR) is 114 cm³/mol. The Morgan fingerprint density at radius 3 is 2.97 bits per heavy atom. The van der Waals surface area contributed by atoms with Crippen molar-refractivity contribution in [2.75, 3.05) is 30.8 Å². The van der Waals surface area contributed by atoms with Gasteiger partial charge in [-0.25, -0.2) is 4.98 Å². The topological polar surface area (TPSA) is 102 Å². The van der Waals surface area contributed by atoms with Gasteiger partial charge in [0.25, 0.3) is 0 Å². The van der Waals surface area contributed by atoms with Crippen molar-refractivity contribution in [2.45, 2.75) is 25.4 Å². The lowest BCUT2D eigenvalue weighted by Gasteiger charge is -2.29. The van der Waals surface area contributed by atoms with E-state index in [1.54, 1.807) is 12.3 Å². The molecule has 1 aliphatic heterocycles. The molecule has 1 fully saturated rings. The van der Waals surface area contributed by atoms with E-state index in [-0.39, 0.29) is 0 Å². The molecule has 0 spiro atoms. The number of nitrogens with two attached hydrogens (primary N) is 1. The minimum absolute atomic E-state index is 0.302. The third kappa shape index (κ3) is 3.59. The summed E-state index contributed by atoms with van der Waals surface area (Å²) in [6.45, 7) is 2.81. The lowest BCUT2D eigenvalue weighted by molar-refractivity contribution is 0.245. The van der Waals surface area contributed by atoms with Crippen LogP contribution in [0.3, 0.4) is 0 Å². The molecule has 1 aliphatic rings. The maximum absolute atomic E-state index is 6.17. The van der Waals surface area contributed by atoms with Crippen LogP contribution in [0.25, 0.3) is 17.2 Å². The summed E-state index contributed by atoms with van der Waals surface area (Å²) in [6, 6.07) is 12.0. The van der Waals surface area contributed by atoms with Gasteiger partial charge < -0.3 is 15.1 Å². The molecule has 5 rings (SSSR count). The third-order valence-electron chi connectivity index (χ3n) is 5.54. The van der Waals surface area contributed by atoms with Crippen LogP contribution >= 0.6 is 0 Å². The van der Waals surface area contributed by atoms with Gasteiger partial charge in [-0.15, -0.1) is 5.10 Å². The molecule has 0 aromatic carbocycles. The van der Waals surface area contributed by atoms with Crippen molar-refractivity contribution in [3.8, 4) is 11.6 Å². The standard InChI is InChI=1S/C21H24N8O/c1-27(14-16-7-4-10-28(16)13-15-6-2-3-9-23-15)18-12-19-24-20(17-8-5-11-30-17)26-29(19)21(22)25-18/h2-3,5-6,8-9,11-12,16H,4,7,10,13-14H2,1H3,(H2,22,25). The summed E-state index contributed by atoms with van der Waals surface area (Å²) in [5.41, 5.74) is 7.92. The van der Waals surface area contributed by atoms with E-state index in [1.807, 2.05) is 37.5 Å². The summed E-state index contributed by atoms with van der Waals surface area (Å²) in [7, 11) is 2.04. The molecule has 1 atom stereocenters. The fourth-order valence-electron chi connectivity index (χ4n) is 4.02. The molecule has 9 heteroatoms. The second kappa shape index (κ2) is 7.75. The van der Waals surface area contributed by atoms with Crippen LogP contribution in [-0.4, -0.2) is 55.6 Å². The van der Waals surface area contributed by atoms with Crippen molar-refractivity contribution < 1.29 is 4.42 Å². The summed E-state index contributed by atoms with van der Waals surface area (Å²) in [4.78, 5) is 18.2. The number of furan rings is 1. The van der Waals surface area contributed by atoms with Gasteiger partial charge in [0, 0.05) is 38.4 Å². The number of nitrogens with zero attached hydrogens (tertiary/aromatic N) is 7. The van der Waals surface area contributed by atoms with Gasteiger partial charge in [0.2, 0.25) is 11.8 Å². The van der Waals surface area contributed by atoms with Gasteiger partial charge in [0.15, 0.2) is 11.4 Å². The van der Waals surface area contributed by atoms with Crippen LogP contribution in [0.4, 0.5) is 11.8 Å². The van der Waals surface area contributed by atoms with E-state index in [2.05, 4.69) is 35.9 Å². The minimum atomic E-state index is 0.302. The number of anilines is 2. The van der Waals surface area contributed by atoms with Gasteiger partial charge in [-0.2, -0.15) is 9.50 Å². The monoisotopic (exact) mass is 404 g/mol. The summed E-state index contributed by atoms with van der Waals surface area (Å²) in [5, 5.41) is 4.41. The minimum Gasteiger partial charge on any atom is -0.461 e. The quantitative estimate of drug-likeness (QED) is 0.523. The number of likely N-dealkylation sites (N-methyl/N-ethyl adjacent to an activating group) is 1. The number of fused-ring (bicyclic) bond motifs is 1. The lowest BCUT2D eigenvalue weighted by Crippen LogP contribution is -2.39. The molecule has 1 unspecified atom stereocenters. The summed E-state index contributed by atoms with van der Waals surface area (Å²) < 4.78 is 6.94. The fourth-order valence-corrected chi connectivity index (χ4v) is 4.02. The largest absolute Gasteiger partial charge is 0.461 e. The van der Waals surface area contributed by atoms with Crippen LogP contribution < -0.4 is 10.6 Å². The molecule has 0 radical (unpaired) electrons. The zero-order valence-corrected chi connectivity index (χ0v) is 16.8. The third-order valence-corrected chi connectivity index (χ3v) is 5.54. The van der Waals surface area contributed by atoms with Gasteiger partial charge in [0.1, 0.15) is 5.82 Å². The molecule has 154 valence electrons. The Morgan fingerprint density at radius 2 is 2.17 bits per heavy atom. The van der Waals surface area contributed by atoms with Gasteiger partial charge in [-0.3, -0.25) is 9.88 Å². The van der Waals surface area contributed by atoms with Crippen molar-refractivity contribution in [3.05, 3.63) is 54.6 Å². The van der Waals surface area contributed by atoms with Crippen LogP contribution in [0.1, 0.15) is 18.5 Å². The molecule has 9 nitrogen and oxygen atoms in total. The van der Waals surface area contributed by atoms with Crippen LogP contribution in [0.5, 0.6) is 0 Å². The normalized spacial score (nSPS) is 17.0. The average Bonchev–Trinajstić information content (AvgIpc) is 3.49.